The maximum atomic E-state index is 9.37. The van der Waals surface area contributed by atoms with Gasteiger partial charge in [-0.15, -0.1) is 0 Å². The largest absolute Gasteiger partial charge is 0.395 e. The molecule has 4 nitrogen and oxygen atoms in total. The number of hydrogen-bond donors (Lipinski definition) is 2. The lowest BCUT2D eigenvalue weighted by Gasteiger charge is -2.22. The van der Waals surface area contributed by atoms with Crippen molar-refractivity contribution in [1.82, 2.24) is 4.98 Å². The van der Waals surface area contributed by atoms with E-state index in [1.165, 1.54) is 0 Å². The zero-order valence-electron chi connectivity index (χ0n) is 9.93. The molecule has 0 bridgehead atoms. The molecule has 90 valence electrons. The molecular formula is C12H20N2O2. The first kappa shape index (κ1) is 12.9. The third-order valence-electron chi connectivity index (χ3n) is 2.44. The quantitative estimate of drug-likeness (QED) is 0.765. The maximum absolute atomic E-state index is 9.37. The summed E-state index contributed by atoms with van der Waals surface area (Å²) in [5, 5.41) is 18.3. The van der Waals surface area contributed by atoms with Crippen LogP contribution in [-0.4, -0.2) is 34.9 Å². The zero-order valence-corrected chi connectivity index (χ0v) is 9.93. The lowest BCUT2D eigenvalue weighted by Crippen LogP contribution is -2.28. The second kappa shape index (κ2) is 6.45. The average molecular weight is 224 g/mol. The minimum atomic E-state index is -0.487. The monoisotopic (exact) mass is 224 g/mol. The summed E-state index contributed by atoms with van der Waals surface area (Å²) in [6.07, 6.45) is 2.21. The normalized spacial score (nSPS) is 12.5. The number of anilines is 1. The topological polar surface area (TPSA) is 56.6 Å². The molecule has 0 radical (unpaired) electrons. The van der Waals surface area contributed by atoms with Crippen LogP contribution in [0.4, 0.5) is 5.82 Å². The Kier molecular flexibility index (Phi) is 5.22. The minimum absolute atomic E-state index is 0.125. The van der Waals surface area contributed by atoms with Crippen molar-refractivity contribution in [3.63, 3.8) is 0 Å². The fourth-order valence-corrected chi connectivity index (χ4v) is 1.56. The van der Waals surface area contributed by atoms with Crippen LogP contribution in [0.25, 0.3) is 0 Å². The molecule has 0 aliphatic carbocycles. The predicted molar refractivity (Wildman–Crippen MR) is 64.5 cm³/mol. The number of rotatable bonds is 6. The van der Waals surface area contributed by atoms with Gasteiger partial charge in [-0.1, -0.05) is 13.0 Å². The fraction of sp³-hybridized carbons (Fsp3) is 0.583. The van der Waals surface area contributed by atoms with E-state index in [-0.39, 0.29) is 6.61 Å². The minimum Gasteiger partial charge on any atom is -0.395 e. The number of aliphatic hydroxyl groups excluding tert-OH is 2. The number of aromatic nitrogens is 1. The molecule has 0 saturated carbocycles. The molecule has 2 N–H and O–H groups in total. The number of hydrogen-bond acceptors (Lipinski definition) is 4. The molecule has 0 amide bonds. The van der Waals surface area contributed by atoms with Gasteiger partial charge in [-0.05, 0) is 25.0 Å². The summed E-state index contributed by atoms with van der Waals surface area (Å²) >= 11 is 0. The Morgan fingerprint density at radius 3 is 2.56 bits per heavy atom. The third-order valence-corrected chi connectivity index (χ3v) is 2.44. The highest BCUT2D eigenvalue weighted by molar-refractivity contribution is 5.39. The summed E-state index contributed by atoms with van der Waals surface area (Å²) in [7, 11) is 0. The van der Waals surface area contributed by atoms with Crippen molar-refractivity contribution in [1.29, 1.82) is 0 Å². The molecule has 1 atom stereocenters. The van der Waals surface area contributed by atoms with Gasteiger partial charge in [0.05, 0.1) is 12.7 Å². The van der Waals surface area contributed by atoms with Gasteiger partial charge < -0.3 is 15.1 Å². The van der Waals surface area contributed by atoms with Crippen LogP contribution < -0.4 is 4.90 Å². The van der Waals surface area contributed by atoms with Gasteiger partial charge >= 0.3 is 0 Å². The molecule has 1 unspecified atom stereocenters. The highest BCUT2D eigenvalue weighted by Crippen LogP contribution is 2.15. The Morgan fingerprint density at radius 1 is 1.38 bits per heavy atom. The lowest BCUT2D eigenvalue weighted by atomic mass is 10.2. The third kappa shape index (κ3) is 3.47. The van der Waals surface area contributed by atoms with Crippen molar-refractivity contribution in [2.45, 2.75) is 26.4 Å². The Hall–Kier alpha value is -1.13. The lowest BCUT2D eigenvalue weighted by molar-refractivity contribution is 0.199. The van der Waals surface area contributed by atoms with E-state index in [1.54, 1.807) is 13.1 Å². The van der Waals surface area contributed by atoms with E-state index >= 15 is 0 Å². The SMILES string of the molecule is CCCN(CCO)c1ccc(C(C)O)cn1. The first-order valence-corrected chi connectivity index (χ1v) is 5.68. The van der Waals surface area contributed by atoms with Crippen molar-refractivity contribution in [3.05, 3.63) is 23.9 Å². The summed E-state index contributed by atoms with van der Waals surface area (Å²) in [6.45, 7) is 5.40. The molecule has 1 heterocycles. The van der Waals surface area contributed by atoms with E-state index in [0.717, 1.165) is 24.3 Å². The Morgan fingerprint density at radius 2 is 2.12 bits per heavy atom. The van der Waals surface area contributed by atoms with Gasteiger partial charge in [-0.3, -0.25) is 0 Å². The van der Waals surface area contributed by atoms with E-state index in [9.17, 15) is 5.11 Å². The van der Waals surface area contributed by atoms with Crippen molar-refractivity contribution < 1.29 is 10.2 Å². The van der Waals surface area contributed by atoms with Gasteiger partial charge in [0, 0.05) is 19.3 Å². The van der Waals surface area contributed by atoms with Gasteiger partial charge in [0.15, 0.2) is 0 Å². The van der Waals surface area contributed by atoms with Gasteiger partial charge in [0.2, 0.25) is 0 Å². The van der Waals surface area contributed by atoms with Crippen molar-refractivity contribution in [3.8, 4) is 0 Å². The molecule has 0 fully saturated rings. The van der Waals surface area contributed by atoms with Crippen molar-refractivity contribution >= 4 is 5.82 Å². The Balaban J connectivity index is 2.76. The molecule has 4 heteroatoms. The first-order valence-electron chi connectivity index (χ1n) is 5.68. The Bertz CT molecular complexity index is 292. The highest BCUT2D eigenvalue weighted by Gasteiger charge is 2.07. The molecular weight excluding hydrogens is 204 g/mol. The smallest absolute Gasteiger partial charge is 0.128 e. The van der Waals surface area contributed by atoms with Crippen LogP contribution in [0.15, 0.2) is 18.3 Å². The summed E-state index contributed by atoms with van der Waals surface area (Å²) in [6, 6.07) is 3.75. The van der Waals surface area contributed by atoms with Crippen LogP contribution in [-0.2, 0) is 0 Å². The molecule has 0 spiro atoms. The zero-order chi connectivity index (χ0) is 12.0. The predicted octanol–water partition coefficient (Wildman–Crippen LogP) is 1.34. The van der Waals surface area contributed by atoms with Crippen LogP contribution in [0.2, 0.25) is 0 Å². The molecule has 1 rings (SSSR count). The molecule has 0 aromatic carbocycles. The summed E-state index contributed by atoms with van der Waals surface area (Å²) < 4.78 is 0. The van der Waals surface area contributed by atoms with Crippen LogP contribution in [0.1, 0.15) is 31.9 Å². The molecule has 0 saturated heterocycles. The van der Waals surface area contributed by atoms with Crippen molar-refractivity contribution in [2.75, 3.05) is 24.6 Å². The van der Waals surface area contributed by atoms with E-state index in [4.69, 9.17) is 5.11 Å². The first-order chi connectivity index (χ1) is 7.69. The van der Waals surface area contributed by atoms with Crippen LogP contribution in [0, 0.1) is 0 Å². The second-order valence-electron chi connectivity index (χ2n) is 3.84. The number of pyridine rings is 1. The van der Waals surface area contributed by atoms with Gasteiger partial charge in [0.1, 0.15) is 5.82 Å². The maximum Gasteiger partial charge on any atom is 0.128 e. The second-order valence-corrected chi connectivity index (χ2v) is 3.84. The van der Waals surface area contributed by atoms with Crippen LogP contribution in [0.5, 0.6) is 0 Å². The number of aliphatic hydroxyl groups is 2. The summed E-state index contributed by atoms with van der Waals surface area (Å²) in [4.78, 5) is 6.33. The van der Waals surface area contributed by atoms with Crippen molar-refractivity contribution in [2.24, 2.45) is 0 Å². The van der Waals surface area contributed by atoms with Crippen LogP contribution >= 0.6 is 0 Å². The van der Waals surface area contributed by atoms with E-state index in [2.05, 4.69) is 11.9 Å². The summed E-state index contributed by atoms with van der Waals surface area (Å²) in [5.74, 6) is 0.848. The molecule has 0 aliphatic heterocycles. The molecule has 16 heavy (non-hydrogen) atoms. The van der Waals surface area contributed by atoms with E-state index in [0.29, 0.717) is 6.54 Å². The van der Waals surface area contributed by atoms with E-state index < -0.39 is 6.10 Å². The van der Waals surface area contributed by atoms with Gasteiger partial charge in [-0.25, -0.2) is 4.98 Å². The van der Waals surface area contributed by atoms with Gasteiger partial charge in [-0.2, -0.15) is 0 Å². The Labute approximate surface area is 96.6 Å². The molecule has 1 aromatic rings. The van der Waals surface area contributed by atoms with Crippen LogP contribution in [0.3, 0.4) is 0 Å². The molecule has 1 aromatic heterocycles. The van der Waals surface area contributed by atoms with E-state index in [1.807, 2.05) is 17.0 Å². The molecule has 0 aliphatic rings. The highest BCUT2D eigenvalue weighted by atomic mass is 16.3. The van der Waals surface area contributed by atoms with Gasteiger partial charge in [0.25, 0.3) is 0 Å². The fourth-order valence-electron chi connectivity index (χ4n) is 1.56. The average Bonchev–Trinajstić information content (AvgIpc) is 2.29. The summed E-state index contributed by atoms with van der Waals surface area (Å²) in [5.41, 5.74) is 0.809. The standard InChI is InChI=1S/C12H20N2O2/c1-3-6-14(7-8-15)12-5-4-11(9-13-12)10(2)16/h4-5,9-10,15-16H,3,6-8H2,1-2H3. The number of nitrogens with zero attached hydrogens (tertiary/aromatic N) is 2.